The van der Waals surface area contributed by atoms with Crippen molar-refractivity contribution in [1.82, 2.24) is 4.90 Å². The number of hydrogen-bond donors (Lipinski definition) is 2. The molecule has 3 N–H and O–H groups in total. The van der Waals surface area contributed by atoms with Gasteiger partial charge in [-0.1, -0.05) is 12.1 Å². The molecule has 1 amide bonds. The maximum Gasteiger partial charge on any atom is 0.415 e. The number of carbonyl (C=O) groups excluding carboxylic acids is 1. The topological polar surface area (TPSA) is 66.6 Å². The summed E-state index contributed by atoms with van der Waals surface area (Å²) >= 11 is 0. The molecular formula is C12H15F3N2O2. The Labute approximate surface area is 108 Å². The molecule has 4 nitrogen and oxygen atoms in total. The fourth-order valence-corrected chi connectivity index (χ4v) is 1.52. The fraction of sp³-hybridized carbons (Fsp3) is 0.417. The van der Waals surface area contributed by atoms with Crippen LogP contribution in [0.1, 0.15) is 12.5 Å². The predicted molar refractivity (Wildman–Crippen MR) is 63.2 cm³/mol. The van der Waals surface area contributed by atoms with Crippen LogP contribution in [0.25, 0.3) is 0 Å². The number of nitrogens with zero attached hydrogens (tertiary/aromatic N) is 1. The highest BCUT2D eigenvalue weighted by atomic mass is 19.4. The highest BCUT2D eigenvalue weighted by molar-refractivity contribution is 5.86. The zero-order valence-corrected chi connectivity index (χ0v) is 10.5. The van der Waals surface area contributed by atoms with Crippen LogP contribution in [-0.4, -0.2) is 34.7 Å². The molecule has 0 aliphatic heterocycles. The number of aromatic hydroxyl groups is 1. The van der Waals surface area contributed by atoms with Crippen LogP contribution < -0.4 is 5.73 Å². The van der Waals surface area contributed by atoms with Gasteiger partial charge in [0, 0.05) is 13.6 Å². The van der Waals surface area contributed by atoms with Gasteiger partial charge in [0.2, 0.25) is 0 Å². The number of amides is 1. The molecule has 0 spiro atoms. The minimum absolute atomic E-state index is 0.0234. The van der Waals surface area contributed by atoms with E-state index in [1.165, 1.54) is 25.2 Å². The number of hydrogen-bond acceptors (Lipinski definition) is 3. The second-order valence-electron chi connectivity index (χ2n) is 4.53. The van der Waals surface area contributed by atoms with E-state index >= 15 is 0 Å². The standard InChI is InChI=1S/C12H15F3N2O2/c1-11(16,12(13,14)15)10(19)17(2)7-8-4-3-5-9(18)6-8/h3-6,18H,7,16H2,1-2H3. The van der Waals surface area contributed by atoms with Crippen LogP contribution in [0.15, 0.2) is 24.3 Å². The molecule has 1 aromatic rings. The van der Waals surface area contributed by atoms with Gasteiger partial charge in [0.05, 0.1) is 0 Å². The van der Waals surface area contributed by atoms with Crippen molar-refractivity contribution in [1.29, 1.82) is 0 Å². The summed E-state index contributed by atoms with van der Waals surface area (Å²) in [6, 6.07) is 5.92. The van der Waals surface area contributed by atoms with Gasteiger partial charge in [-0.3, -0.25) is 4.79 Å². The first-order valence-electron chi connectivity index (χ1n) is 5.45. The van der Waals surface area contributed by atoms with Crippen LogP contribution >= 0.6 is 0 Å². The van der Waals surface area contributed by atoms with Crippen LogP contribution in [0.5, 0.6) is 5.75 Å². The zero-order chi connectivity index (χ0) is 14.8. The lowest BCUT2D eigenvalue weighted by Gasteiger charge is -2.30. The molecule has 1 rings (SSSR count). The number of rotatable bonds is 3. The largest absolute Gasteiger partial charge is 0.508 e. The van der Waals surface area contributed by atoms with E-state index in [-0.39, 0.29) is 12.3 Å². The van der Waals surface area contributed by atoms with Gasteiger partial charge in [0.1, 0.15) is 5.75 Å². The lowest BCUT2D eigenvalue weighted by molar-refractivity contribution is -0.193. The van der Waals surface area contributed by atoms with Crippen molar-refractivity contribution in [2.24, 2.45) is 5.73 Å². The van der Waals surface area contributed by atoms with E-state index in [4.69, 9.17) is 5.73 Å². The molecule has 1 atom stereocenters. The van der Waals surface area contributed by atoms with Gasteiger partial charge in [-0.15, -0.1) is 0 Å². The smallest absolute Gasteiger partial charge is 0.415 e. The second kappa shape index (κ2) is 5.08. The molecule has 0 aliphatic carbocycles. The molecule has 0 fully saturated rings. The third-order valence-electron chi connectivity index (χ3n) is 2.71. The van der Waals surface area contributed by atoms with Crippen molar-refractivity contribution in [2.75, 3.05) is 7.05 Å². The van der Waals surface area contributed by atoms with Gasteiger partial charge in [-0.2, -0.15) is 13.2 Å². The molecule has 0 aromatic heterocycles. The summed E-state index contributed by atoms with van der Waals surface area (Å²) in [6.45, 7) is 0.560. The van der Waals surface area contributed by atoms with E-state index in [0.717, 1.165) is 4.90 Å². The van der Waals surface area contributed by atoms with Crippen molar-refractivity contribution < 1.29 is 23.1 Å². The number of nitrogens with two attached hydrogens (primary N) is 1. The van der Waals surface area contributed by atoms with Crippen molar-refractivity contribution in [3.05, 3.63) is 29.8 Å². The van der Waals surface area contributed by atoms with E-state index in [1.54, 1.807) is 6.07 Å². The first kappa shape index (κ1) is 15.3. The van der Waals surface area contributed by atoms with E-state index < -0.39 is 17.6 Å². The van der Waals surface area contributed by atoms with Crippen molar-refractivity contribution in [2.45, 2.75) is 25.2 Å². The predicted octanol–water partition coefficient (Wildman–Crippen LogP) is 1.63. The Kier molecular flexibility index (Phi) is 4.09. The molecular weight excluding hydrogens is 261 g/mol. The molecule has 0 saturated carbocycles. The number of likely N-dealkylation sites (N-methyl/N-ethyl adjacent to an activating group) is 1. The van der Waals surface area contributed by atoms with Gasteiger partial charge in [0.15, 0.2) is 5.54 Å². The number of phenols is 1. The third-order valence-corrected chi connectivity index (χ3v) is 2.71. The van der Waals surface area contributed by atoms with Crippen molar-refractivity contribution in [3.8, 4) is 5.75 Å². The Morgan fingerprint density at radius 2 is 2.00 bits per heavy atom. The molecule has 19 heavy (non-hydrogen) atoms. The number of phenolic OH excluding ortho intramolecular Hbond substituents is 1. The van der Waals surface area contributed by atoms with Crippen molar-refractivity contribution in [3.63, 3.8) is 0 Å². The number of benzene rings is 1. The molecule has 0 aliphatic rings. The molecule has 0 saturated heterocycles. The normalized spacial score (nSPS) is 14.8. The van der Waals surface area contributed by atoms with Crippen LogP contribution in [0.3, 0.4) is 0 Å². The van der Waals surface area contributed by atoms with E-state index in [2.05, 4.69) is 0 Å². The number of halogens is 3. The highest BCUT2D eigenvalue weighted by Gasteiger charge is 2.54. The quantitative estimate of drug-likeness (QED) is 0.881. The van der Waals surface area contributed by atoms with Gasteiger partial charge >= 0.3 is 6.18 Å². The van der Waals surface area contributed by atoms with Gasteiger partial charge in [-0.25, -0.2) is 0 Å². The van der Waals surface area contributed by atoms with E-state index in [1.807, 2.05) is 0 Å². The Morgan fingerprint density at radius 1 is 1.42 bits per heavy atom. The lowest BCUT2D eigenvalue weighted by atomic mass is 10.0. The molecule has 0 radical (unpaired) electrons. The van der Waals surface area contributed by atoms with Gasteiger partial charge < -0.3 is 15.7 Å². The Morgan fingerprint density at radius 3 is 2.47 bits per heavy atom. The average Bonchev–Trinajstić information content (AvgIpc) is 2.26. The summed E-state index contributed by atoms with van der Waals surface area (Å²) in [6.07, 6.45) is -4.82. The van der Waals surface area contributed by atoms with Gasteiger partial charge in [-0.05, 0) is 24.6 Å². The summed E-state index contributed by atoms with van der Waals surface area (Å²) in [4.78, 5) is 12.6. The Balaban J connectivity index is 2.84. The lowest BCUT2D eigenvalue weighted by Crippen LogP contribution is -2.61. The Hall–Kier alpha value is -1.76. The second-order valence-corrected chi connectivity index (χ2v) is 4.53. The monoisotopic (exact) mass is 276 g/mol. The van der Waals surface area contributed by atoms with Crippen LogP contribution in [0.2, 0.25) is 0 Å². The Bertz CT molecular complexity index is 472. The summed E-state index contributed by atoms with van der Waals surface area (Å²) in [5.41, 5.74) is 2.63. The summed E-state index contributed by atoms with van der Waals surface area (Å²) in [7, 11) is 1.23. The molecule has 0 heterocycles. The van der Waals surface area contributed by atoms with Gasteiger partial charge in [0.25, 0.3) is 5.91 Å². The van der Waals surface area contributed by atoms with E-state index in [9.17, 15) is 23.1 Å². The van der Waals surface area contributed by atoms with Crippen molar-refractivity contribution >= 4 is 5.91 Å². The minimum Gasteiger partial charge on any atom is -0.508 e. The molecule has 7 heteroatoms. The van der Waals surface area contributed by atoms with Crippen LogP contribution in [0, 0.1) is 0 Å². The van der Waals surface area contributed by atoms with Crippen LogP contribution in [0.4, 0.5) is 13.2 Å². The summed E-state index contributed by atoms with van der Waals surface area (Å²) in [5.74, 6) is -1.26. The maximum atomic E-state index is 12.6. The van der Waals surface area contributed by atoms with Crippen LogP contribution in [-0.2, 0) is 11.3 Å². The summed E-state index contributed by atoms with van der Waals surface area (Å²) < 4.78 is 37.9. The fourth-order valence-electron chi connectivity index (χ4n) is 1.52. The maximum absolute atomic E-state index is 12.6. The minimum atomic E-state index is -4.82. The molecule has 1 unspecified atom stereocenters. The molecule has 0 bridgehead atoms. The van der Waals surface area contributed by atoms with E-state index in [0.29, 0.717) is 12.5 Å². The SMILES string of the molecule is CN(Cc1cccc(O)c1)C(=O)C(C)(N)C(F)(F)F. The molecule has 1 aromatic carbocycles. The third kappa shape index (κ3) is 3.37. The number of carbonyl (C=O) groups is 1. The first-order chi connectivity index (χ1) is 8.55. The average molecular weight is 276 g/mol. The number of alkyl halides is 3. The zero-order valence-electron chi connectivity index (χ0n) is 10.5. The highest BCUT2D eigenvalue weighted by Crippen LogP contribution is 2.29. The molecule has 106 valence electrons. The first-order valence-corrected chi connectivity index (χ1v) is 5.45. The summed E-state index contributed by atoms with van der Waals surface area (Å²) in [5, 5.41) is 9.25.